The second kappa shape index (κ2) is 4.73. The van der Waals surface area contributed by atoms with E-state index in [1.165, 1.54) is 0 Å². The number of carbonyl (C=O) groups excluding carboxylic acids is 1. The fourth-order valence-corrected chi connectivity index (χ4v) is 2.17. The molecule has 1 aliphatic carbocycles. The smallest absolute Gasteiger partial charge is 0.247 e. The van der Waals surface area contributed by atoms with E-state index in [0.717, 1.165) is 24.0 Å². The van der Waals surface area contributed by atoms with E-state index in [-0.39, 0.29) is 18.3 Å². The zero-order valence-corrected chi connectivity index (χ0v) is 9.39. The van der Waals surface area contributed by atoms with Crippen LogP contribution in [0.4, 0.5) is 0 Å². The molecule has 1 amide bonds. The maximum absolute atomic E-state index is 10.7. The molecule has 2 rings (SSSR count). The maximum Gasteiger partial charge on any atom is 0.247 e. The van der Waals surface area contributed by atoms with Gasteiger partial charge in [-0.2, -0.15) is 0 Å². The van der Waals surface area contributed by atoms with Crippen LogP contribution in [0, 0.1) is 0 Å². The third-order valence-corrected chi connectivity index (χ3v) is 3.09. The number of hydrogen-bond acceptors (Lipinski definition) is 4. The molecule has 0 heterocycles. The van der Waals surface area contributed by atoms with E-state index in [9.17, 15) is 15.0 Å². The predicted molar refractivity (Wildman–Crippen MR) is 62.4 cm³/mol. The van der Waals surface area contributed by atoms with Crippen LogP contribution in [-0.4, -0.2) is 28.8 Å². The number of rotatable bonds is 4. The fourth-order valence-electron chi connectivity index (χ4n) is 2.17. The minimum Gasteiger partial charge on any atom is -0.508 e. The molecule has 1 aliphatic rings. The maximum atomic E-state index is 10.7. The van der Waals surface area contributed by atoms with E-state index >= 15 is 0 Å². The van der Waals surface area contributed by atoms with Gasteiger partial charge in [-0.15, -0.1) is 0 Å². The summed E-state index contributed by atoms with van der Waals surface area (Å²) in [5, 5.41) is 21.8. The average Bonchev–Trinajstić information content (AvgIpc) is 2.67. The van der Waals surface area contributed by atoms with Gasteiger partial charge >= 0.3 is 0 Å². The van der Waals surface area contributed by atoms with Gasteiger partial charge in [-0.3, -0.25) is 4.79 Å². The summed E-state index contributed by atoms with van der Waals surface area (Å²) in [6.07, 6.45) is 0.620. The summed E-state index contributed by atoms with van der Waals surface area (Å²) in [5.41, 5.74) is 7.19. The Morgan fingerprint density at radius 1 is 1.59 bits per heavy atom. The molecule has 0 aliphatic heterocycles. The molecule has 0 radical (unpaired) electrons. The van der Waals surface area contributed by atoms with Crippen molar-refractivity contribution in [1.82, 2.24) is 5.32 Å². The number of hydrogen-bond donors (Lipinski definition) is 4. The summed E-state index contributed by atoms with van der Waals surface area (Å²) in [4.78, 5) is 10.7. The van der Waals surface area contributed by atoms with Crippen LogP contribution in [0.25, 0.3) is 0 Å². The van der Waals surface area contributed by atoms with Crippen LogP contribution in [0.3, 0.4) is 0 Å². The number of phenols is 1. The molecule has 2 unspecified atom stereocenters. The first-order valence-corrected chi connectivity index (χ1v) is 5.60. The summed E-state index contributed by atoms with van der Waals surface area (Å²) in [6, 6.07) is 5.37. The first-order valence-electron chi connectivity index (χ1n) is 5.60. The minimum absolute atomic E-state index is 0.111. The number of aromatic hydroxyl groups is 1. The fraction of sp³-hybridized carbons (Fsp3) is 0.417. The van der Waals surface area contributed by atoms with Crippen molar-refractivity contribution in [2.24, 2.45) is 5.73 Å². The van der Waals surface area contributed by atoms with Crippen LogP contribution in [0.2, 0.25) is 0 Å². The van der Waals surface area contributed by atoms with Crippen molar-refractivity contribution >= 4 is 5.91 Å². The Labute approximate surface area is 99.3 Å². The van der Waals surface area contributed by atoms with Gasteiger partial charge in [-0.1, -0.05) is 6.07 Å². The Morgan fingerprint density at radius 3 is 3.06 bits per heavy atom. The van der Waals surface area contributed by atoms with Crippen LogP contribution < -0.4 is 11.1 Å². The monoisotopic (exact) mass is 236 g/mol. The van der Waals surface area contributed by atoms with Crippen LogP contribution in [0.15, 0.2) is 18.2 Å². The lowest BCUT2D eigenvalue weighted by atomic mass is 10.1. The molecule has 0 bridgehead atoms. The number of amides is 1. The number of aliphatic hydroxyl groups is 1. The Balaban J connectivity index is 2.00. The highest BCUT2D eigenvalue weighted by molar-refractivity contribution is 5.78. The van der Waals surface area contributed by atoms with E-state index in [1.54, 1.807) is 12.1 Å². The summed E-state index contributed by atoms with van der Waals surface area (Å²) >= 11 is 0. The van der Waals surface area contributed by atoms with Gasteiger partial charge in [-0.05, 0) is 36.1 Å². The van der Waals surface area contributed by atoms with Crippen LogP contribution in [0.1, 0.15) is 23.6 Å². The standard InChI is InChI=1S/C12H16N2O3/c13-12(17)11(16)6-14-10-4-1-7-5-8(15)2-3-9(7)10/h2-3,5,10-11,14-16H,1,4,6H2,(H2,13,17). The molecule has 5 N–H and O–H groups in total. The van der Waals surface area contributed by atoms with Gasteiger partial charge < -0.3 is 21.3 Å². The van der Waals surface area contributed by atoms with E-state index in [0.29, 0.717) is 0 Å². The summed E-state index contributed by atoms with van der Waals surface area (Å²) in [6.45, 7) is 0.153. The second-order valence-corrected chi connectivity index (χ2v) is 4.30. The molecule has 0 saturated heterocycles. The van der Waals surface area contributed by atoms with Crippen molar-refractivity contribution in [1.29, 1.82) is 0 Å². The molecular weight excluding hydrogens is 220 g/mol. The number of carbonyl (C=O) groups is 1. The predicted octanol–water partition coefficient (Wildman–Crippen LogP) is -0.185. The highest BCUT2D eigenvalue weighted by Crippen LogP contribution is 2.32. The van der Waals surface area contributed by atoms with Crippen molar-refractivity contribution < 1.29 is 15.0 Å². The highest BCUT2D eigenvalue weighted by Gasteiger charge is 2.23. The molecule has 0 saturated carbocycles. The van der Waals surface area contributed by atoms with E-state index in [4.69, 9.17) is 5.73 Å². The third-order valence-electron chi connectivity index (χ3n) is 3.09. The molecule has 0 aromatic heterocycles. The van der Waals surface area contributed by atoms with E-state index in [2.05, 4.69) is 5.32 Å². The van der Waals surface area contributed by atoms with Crippen molar-refractivity contribution in [2.75, 3.05) is 6.54 Å². The molecule has 1 aromatic rings. The Morgan fingerprint density at radius 2 is 2.35 bits per heavy atom. The molecule has 0 spiro atoms. The van der Waals surface area contributed by atoms with E-state index in [1.807, 2.05) is 6.07 Å². The second-order valence-electron chi connectivity index (χ2n) is 4.30. The van der Waals surface area contributed by atoms with Gasteiger partial charge in [-0.25, -0.2) is 0 Å². The van der Waals surface area contributed by atoms with Gasteiger partial charge in [0.05, 0.1) is 0 Å². The van der Waals surface area contributed by atoms with Crippen LogP contribution in [-0.2, 0) is 11.2 Å². The molecule has 5 heteroatoms. The summed E-state index contributed by atoms with van der Waals surface area (Å²) < 4.78 is 0. The lowest BCUT2D eigenvalue weighted by molar-refractivity contribution is -0.125. The van der Waals surface area contributed by atoms with Gasteiger partial charge in [0, 0.05) is 12.6 Å². The van der Waals surface area contributed by atoms with Gasteiger partial charge in [0.2, 0.25) is 5.91 Å². The molecule has 0 fully saturated rings. The van der Waals surface area contributed by atoms with Crippen molar-refractivity contribution in [3.8, 4) is 5.75 Å². The number of aryl methyl sites for hydroxylation is 1. The number of fused-ring (bicyclic) bond motifs is 1. The quantitative estimate of drug-likeness (QED) is 0.583. The largest absolute Gasteiger partial charge is 0.508 e. The molecule has 92 valence electrons. The number of nitrogens with two attached hydrogens (primary N) is 1. The molecule has 5 nitrogen and oxygen atoms in total. The van der Waals surface area contributed by atoms with Crippen LogP contribution in [0.5, 0.6) is 5.75 Å². The molecule has 2 atom stereocenters. The molecule has 1 aromatic carbocycles. The summed E-state index contributed by atoms with van der Waals surface area (Å²) in [7, 11) is 0. The number of nitrogens with one attached hydrogen (secondary N) is 1. The number of benzene rings is 1. The lowest BCUT2D eigenvalue weighted by Crippen LogP contribution is -2.38. The van der Waals surface area contributed by atoms with Crippen molar-refractivity contribution in [2.45, 2.75) is 25.0 Å². The highest BCUT2D eigenvalue weighted by atomic mass is 16.3. The number of phenolic OH excluding ortho intramolecular Hbond substituents is 1. The van der Waals surface area contributed by atoms with Crippen molar-refractivity contribution in [3.05, 3.63) is 29.3 Å². The average molecular weight is 236 g/mol. The topological polar surface area (TPSA) is 95.6 Å². The first-order chi connectivity index (χ1) is 8.08. The molecular formula is C12H16N2O3. The number of aliphatic hydroxyl groups excluding tert-OH is 1. The van der Waals surface area contributed by atoms with Crippen LogP contribution >= 0.6 is 0 Å². The normalized spacial score (nSPS) is 19.9. The third kappa shape index (κ3) is 2.57. The zero-order chi connectivity index (χ0) is 12.4. The first kappa shape index (κ1) is 11.9. The lowest BCUT2D eigenvalue weighted by Gasteiger charge is -2.15. The minimum atomic E-state index is -1.16. The van der Waals surface area contributed by atoms with Crippen molar-refractivity contribution in [3.63, 3.8) is 0 Å². The zero-order valence-electron chi connectivity index (χ0n) is 9.39. The van der Waals surface area contributed by atoms with E-state index < -0.39 is 12.0 Å². The van der Waals surface area contributed by atoms with Gasteiger partial charge in [0.25, 0.3) is 0 Å². The Bertz CT molecular complexity index is 434. The Hall–Kier alpha value is -1.59. The Kier molecular flexibility index (Phi) is 3.31. The molecule has 17 heavy (non-hydrogen) atoms. The number of primary amides is 1. The summed E-state index contributed by atoms with van der Waals surface area (Å²) in [5.74, 6) is -0.456. The van der Waals surface area contributed by atoms with Gasteiger partial charge in [0.1, 0.15) is 11.9 Å². The SMILES string of the molecule is NC(=O)C(O)CNC1CCc2cc(O)ccc21. The van der Waals surface area contributed by atoms with Gasteiger partial charge in [0.15, 0.2) is 0 Å².